The molecule has 1 aromatic carbocycles. The number of piperidine rings is 1. The van der Waals surface area contributed by atoms with Crippen molar-refractivity contribution >= 4 is 28.8 Å². The monoisotopic (exact) mass is 412 g/mol. The van der Waals surface area contributed by atoms with Gasteiger partial charge in [-0.3, -0.25) is 14.7 Å². The summed E-state index contributed by atoms with van der Waals surface area (Å²) in [5.74, 6) is -0.104. The number of rotatable bonds is 5. The van der Waals surface area contributed by atoms with E-state index in [1.54, 1.807) is 0 Å². The van der Waals surface area contributed by atoms with Gasteiger partial charge in [0.2, 0.25) is 0 Å². The summed E-state index contributed by atoms with van der Waals surface area (Å²) in [5, 5.41) is 6.41. The van der Waals surface area contributed by atoms with Crippen LogP contribution in [0.5, 0.6) is 0 Å². The first-order chi connectivity index (χ1) is 13.7. The molecule has 1 amide bonds. The Labute approximate surface area is 173 Å². The average Bonchev–Trinajstić information content (AvgIpc) is 3.21. The van der Waals surface area contributed by atoms with Gasteiger partial charge in [0, 0.05) is 47.8 Å². The Morgan fingerprint density at radius 1 is 1.21 bits per heavy atom. The van der Waals surface area contributed by atoms with Gasteiger partial charge in [0.1, 0.15) is 10.7 Å². The van der Waals surface area contributed by atoms with E-state index in [0.717, 1.165) is 48.7 Å². The van der Waals surface area contributed by atoms with Crippen LogP contribution >= 0.6 is 22.9 Å². The van der Waals surface area contributed by atoms with Gasteiger partial charge in [0.25, 0.3) is 5.91 Å². The predicted molar refractivity (Wildman–Crippen MR) is 113 cm³/mol. The van der Waals surface area contributed by atoms with Gasteiger partial charge in [-0.15, -0.1) is 11.3 Å². The van der Waals surface area contributed by atoms with Crippen molar-refractivity contribution < 1.29 is 4.79 Å². The van der Waals surface area contributed by atoms with Crippen LogP contribution in [0.15, 0.2) is 54.0 Å². The fraction of sp³-hybridized carbons (Fsp3) is 0.286. The summed E-state index contributed by atoms with van der Waals surface area (Å²) in [5.41, 5.74) is 2.48. The SMILES string of the molecule is O=C(NC1CCN(Cc2ccccn2)CC1)c1csc(-c2cccc(Cl)c2)n1. The lowest BCUT2D eigenvalue weighted by Crippen LogP contribution is -2.44. The Morgan fingerprint density at radius 2 is 2.07 bits per heavy atom. The predicted octanol–water partition coefficient (Wildman–Crippen LogP) is 4.25. The molecule has 3 aromatic rings. The highest BCUT2D eigenvalue weighted by Crippen LogP contribution is 2.26. The number of halogens is 1. The molecule has 3 heterocycles. The van der Waals surface area contributed by atoms with Crippen molar-refractivity contribution in [1.29, 1.82) is 0 Å². The number of aromatic nitrogens is 2. The van der Waals surface area contributed by atoms with E-state index in [2.05, 4.69) is 20.2 Å². The van der Waals surface area contributed by atoms with E-state index in [1.165, 1.54) is 11.3 Å². The van der Waals surface area contributed by atoms with Crippen LogP contribution in [0.25, 0.3) is 10.6 Å². The molecule has 0 aliphatic carbocycles. The molecule has 1 aliphatic rings. The normalized spacial score (nSPS) is 15.5. The molecule has 5 nitrogen and oxygen atoms in total. The highest BCUT2D eigenvalue weighted by molar-refractivity contribution is 7.13. The number of benzene rings is 1. The number of amides is 1. The number of pyridine rings is 1. The molecule has 1 fully saturated rings. The van der Waals surface area contributed by atoms with Crippen LogP contribution in [-0.2, 0) is 6.54 Å². The van der Waals surface area contributed by atoms with Crippen LogP contribution in [0.4, 0.5) is 0 Å². The summed E-state index contributed by atoms with van der Waals surface area (Å²) in [4.78, 5) is 23.8. The lowest BCUT2D eigenvalue weighted by atomic mass is 10.0. The smallest absolute Gasteiger partial charge is 0.270 e. The zero-order valence-electron chi connectivity index (χ0n) is 15.3. The number of thiazole rings is 1. The molecule has 0 atom stereocenters. The standard InChI is InChI=1S/C21H21ClN4OS/c22-16-5-3-4-15(12-16)21-25-19(14-28-21)20(27)24-17-7-10-26(11-8-17)13-18-6-1-2-9-23-18/h1-6,9,12,14,17H,7-8,10-11,13H2,(H,24,27). The van der Waals surface area contributed by atoms with Gasteiger partial charge in [-0.25, -0.2) is 4.98 Å². The minimum absolute atomic E-state index is 0.104. The van der Waals surface area contributed by atoms with Crippen molar-refractivity contribution in [1.82, 2.24) is 20.2 Å². The highest BCUT2D eigenvalue weighted by Gasteiger charge is 2.22. The third kappa shape index (κ3) is 4.76. The highest BCUT2D eigenvalue weighted by atomic mass is 35.5. The first-order valence-electron chi connectivity index (χ1n) is 9.32. The van der Waals surface area contributed by atoms with Crippen molar-refractivity contribution in [2.24, 2.45) is 0 Å². The first-order valence-corrected chi connectivity index (χ1v) is 10.6. The molecule has 144 valence electrons. The van der Waals surface area contributed by atoms with Crippen LogP contribution in [-0.4, -0.2) is 39.9 Å². The Kier molecular flexibility index (Phi) is 6.00. The molecule has 1 aliphatic heterocycles. The number of carbonyl (C=O) groups excluding carboxylic acids is 1. The van der Waals surface area contributed by atoms with Gasteiger partial charge in [-0.1, -0.05) is 29.8 Å². The molecule has 2 aromatic heterocycles. The summed E-state index contributed by atoms with van der Waals surface area (Å²) in [6, 6.07) is 13.7. The lowest BCUT2D eigenvalue weighted by Gasteiger charge is -2.31. The zero-order valence-corrected chi connectivity index (χ0v) is 16.9. The second-order valence-corrected chi connectivity index (χ2v) is 8.19. The summed E-state index contributed by atoms with van der Waals surface area (Å²) < 4.78 is 0. The molecule has 0 bridgehead atoms. The molecule has 0 saturated carbocycles. The fourth-order valence-corrected chi connectivity index (χ4v) is 4.34. The molecule has 1 N–H and O–H groups in total. The van der Waals surface area contributed by atoms with Gasteiger partial charge in [-0.2, -0.15) is 0 Å². The first kappa shape index (κ1) is 19.1. The molecule has 0 radical (unpaired) electrons. The van der Waals surface area contributed by atoms with Crippen LogP contribution in [0.1, 0.15) is 29.0 Å². The maximum atomic E-state index is 12.6. The van der Waals surface area contributed by atoms with Gasteiger partial charge < -0.3 is 5.32 Å². The minimum atomic E-state index is -0.104. The summed E-state index contributed by atoms with van der Waals surface area (Å²) >= 11 is 7.50. The van der Waals surface area contributed by atoms with Crippen molar-refractivity contribution in [3.8, 4) is 10.6 Å². The maximum Gasteiger partial charge on any atom is 0.270 e. The van der Waals surface area contributed by atoms with E-state index in [4.69, 9.17) is 11.6 Å². The van der Waals surface area contributed by atoms with Crippen LogP contribution in [0.2, 0.25) is 5.02 Å². The van der Waals surface area contributed by atoms with Gasteiger partial charge in [-0.05, 0) is 37.1 Å². The Hall–Kier alpha value is -2.28. The van der Waals surface area contributed by atoms with E-state index < -0.39 is 0 Å². The number of hydrogen-bond acceptors (Lipinski definition) is 5. The number of carbonyl (C=O) groups is 1. The molecule has 28 heavy (non-hydrogen) atoms. The largest absolute Gasteiger partial charge is 0.348 e. The number of hydrogen-bond donors (Lipinski definition) is 1. The lowest BCUT2D eigenvalue weighted by molar-refractivity contribution is 0.0904. The van der Waals surface area contributed by atoms with Crippen molar-refractivity contribution in [2.75, 3.05) is 13.1 Å². The average molecular weight is 413 g/mol. The molecular weight excluding hydrogens is 392 g/mol. The molecule has 1 saturated heterocycles. The Morgan fingerprint density at radius 3 is 2.82 bits per heavy atom. The molecule has 0 unspecified atom stereocenters. The number of likely N-dealkylation sites (tertiary alicyclic amines) is 1. The van der Waals surface area contributed by atoms with E-state index in [9.17, 15) is 4.79 Å². The van der Waals surface area contributed by atoms with Crippen LogP contribution in [0.3, 0.4) is 0 Å². The summed E-state index contributed by atoms with van der Waals surface area (Å²) in [7, 11) is 0. The van der Waals surface area contributed by atoms with E-state index in [0.29, 0.717) is 10.7 Å². The Balaban J connectivity index is 1.30. The van der Waals surface area contributed by atoms with Gasteiger partial charge in [0.05, 0.1) is 5.69 Å². The quantitative estimate of drug-likeness (QED) is 0.680. The second kappa shape index (κ2) is 8.82. The van der Waals surface area contributed by atoms with Gasteiger partial charge in [0.15, 0.2) is 0 Å². The number of nitrogens with one attached hydrogen (secondary N) is 1. The van der Waals surface area contributed by atoms with Crippen molar-refractivity contribution in [3.05, 3.63) is 70.5 Å². The molecule has 7 heteroatoms. The van der Waals surface area contributed by atoms with E-state index in [-0.39, 0.29) is 11.9 Å². The topological polar surface area (TPSA) is 58.1 Å². The fourth-order valence-electron chi connectivity index (χ4n) is 3.35. The summed E-state index contributed by atoms with van der Waals surface area (Å²) in [6.07, 6.45) is 3.70. The Bertz CT molecular complexity index is 938. The molecular formula is C21H21ClN4OS. The van der Waals surface area contributed by atoms with Gasteiger partial charge >= 0.3 is 0 Å². The molecule has 4 rings (SSSR count). The third-order valence-corrected chi connectivity index (χ3v) is 5.97. The maximum absolute atomic E-state index is 12.6. The van der Waals surface area contributed by atoms with Crippen molar-refractivity contribution in [3.63, 3.8) is 0 Å². The second-order valence-electron chi connectivity index (χ2n) is 6.89. The zero-order chi connectivity index (χ0) is 19.3. The van der Waals surface area contributed by atoms with Crippen molar-refractivity contribution in [2.45, 2.75) is 25.4 Å². The van der Waals surface area contributed by atoms with E-state index >= 15 is 0 Å². The van der Waals surface area contributed by atoms with Crippen LogP contribution < -0.4 is 5.32 Å². The van der Waals surface area contributed by atoms with Crippen LogP contribution in [0, 0.1) is 0 Å². The third-order valence-electron chi connectivity index (χ3n) is 4.84. The summed E-state index contributed by atoms with van der Waals surface area (Å²) in [6.45, 7) is 2.76. The van der Waals surface area contributed by atoms with E-state index in [1.807, 2.05) is 54.0 Å². The minimum Gasteiger partial charge on any atom is -0.348 e. The molecule has 0 spiro atoms. The number of nitrogens with zero attached hydrogens (tertiary/aromatic N) is 3.